The second kappa shape index (κ2) is 3.06. The highest BCUT2D eigenvalue weighted by Gasteiger charge is 2.04. The Kier molecular flexibility index (Phi) is 1.90. The Labute approximate surface area is 79.7 Å². The molecule has 4 nitrogen and oxygen atoms in total. The van der Waals surface area contributed by atoms with Gasteiger partial charge in [-0.1, -0.05) is 11.6 Å². The van der Waals surface area contributed by atoms with Gasteiger partial charge in [0.1, 0.15) is 5.82 Å². The van der Waals surface area contributed by atoms with E-state index >= 15 is 0 Å². The number of nitrogens with two attached hydrogens (primary N) is 1. The van der Waals surface area contributed by atoms with Crippen molar-refractivity contribution in [3.8, 4) is 11.3 Å². The SMILES string of the molecule is Nc1cc(-c2ccncc2Cl)[nH]n1. The molecule has 0 saturated heterocycles. The summed E-state index contributed by atoms with van der Waals surface area (Å²) in [6.45, 7) is 0. The minimum Gasteiger partial charge on any atom is -0.382 e. The summed E-state index contributed by atoms with van der Waals surface area (Å²) in [5.74, 6) is 0.447. The lowest BCUT2D eigenvalue weighted by Gasteiger charge is -1.97. The van der Waals surface area contributed by atoms with Crippen molar-refractivity contribution in [1.82, 2.24) is 15.2 Å². The second-order valence-electron chi connectivity index (χ2n) is 2.56. The zero-order valence-corrected chi connectivity index (χ0v) is 7.42. The average Bonchev–Trinajstić information content (AvgIpc) is 2.53. The van der Waals surface area contributed by atoms with Gasteiger partial charge in [-0.25, -0.2) is 0 Å². The highest BCUT2D eigenvalue weighted by atomic mass is 35.5. The predicted octanol–water partition coefficient (Wildman–Crippen LogP) is 1.71. The maximum absolute atomic E-state index is 5.92. The Bertz CT molecular complexity index is 424. The van der Waals surface area contributed by atoms with Crippen LogP contribution in [0.3, 0.4) is 0 Å². The predicted molar refractivity (Wildman–Crippen MR) is 51.2 cm³/mol. The Morgan fingerprint density at radius 1 is 1.46 bits per heavy atom. The minimum atomic E-state index is 0.447. The molecule has 3 N–H and O–H groups in total. The highest BCUT2D eigenvalue weighted by molar-refractivity contribution is 6.33. The van der Waals surface area contributed by atoms with Gasteiger partial charge in [0.2, 0.25) is 0 Å². The first kappa shape index (κ1) is 8.07. The molecule has 0 atom stereocenters. The summed E-state index contributed by atoms with van der Waals surface area (Å²) >= 11 is 5.92. The quantitative estimate of drug-likeness (QED) is 0.726. The fraction of sp³-hybridized carbons (Fsp3) is 0. The highest BCUT2D eigenvalue weighted by Crippen LogP contribution is 2.25. The monoisotopic (exact) mass is 194 g/mol. The molecule has 0 amide bonds. The lowest BCUT2D eigenvalue weighted by Crippen LogP contribution is -1.81. The van der Waals surface area contributed by atoms with Crippen molar-refractivity contribution in [1.29, 1.82) is 0 Å². The lowest BCUT2D eigenvalue weighted by atomic mass is 10.2. The number of anilines is 1. The van der Waals surface area contributed by atoms with Gasteiger partial charge in [-0.05, 0) is 6.07 Å². The third-order valence-corrected chi connectivity index (χ3v) is 1.96. The first-order valence-electron chi connectivity index (χ1n) is 3.68. The van der Waals surface area contributed by atoms with Crippen LogP contribution in [0.2, 0.25) is 5.02 Å². The molecule has 0 aromatic carbocycles. The summed E-state index contributed by atoms with van der Waals surface area (Å²) in [6, 6.07) is 3.52. The summed E-state index contributed by atoms with van der Waals surface area (Å²) in [7, 11) is 0. The van der Waals surface area contributed by atoms with E-state index in [0.717, 1.165) is 11.3 Å². The molecule has 13 heavy (non-hydrogen) atoms. The van der Waals surface area contributed by atoms with Gasteiger partial charge < -0.3 is 5.73 Å². The smallest absolute Gasteiger partial charge is 0.145 e. The molecule has 0 aliphatic carbocycles. The summed E-state index contributed by atoms with van der Waals surface area (Å²) in [5, 5.41) is 7.16. The summed E-state index contributed by atoms with van der Waals surface area (Å²) in [5.41, 5.74) is 7.11. The average molecular weight is 195 g/mol. The largest absolute Gasteiger partial charge is 0.382 e. The molecule has 2 rings (SSSR count). The van der Waals surface area contributed by atoms with Crippen molar-refractivity contribution in [2.24, 2.45) is 0 Å². The van der Waals surface area contributed by atoms with E-state index in [1.807, 2.05) is 0 Å². The number of aromatic nitrogens is 3. The maximum Gasteiger partial charge on any atom is 0.145 e. The first-order chi connectivity index (χ1) is 6.27. The van der Waals surface area contributed by atoms with Crippen LogP contribution in [0.4, 0.5) is 5.82 Å². The third-order valence-electron chi connectivity index (χ3n) is 1.66. The second-order valence-corrected chi connectivity index (χ2v) is 2.97. The van der Waals surface area contributed by atoms with E-state index < -0.39 is 0 Å². The summed E-state index contributed by atoms with van der Waals surface area (Å²) in [6.07, 6.45) is 3.24. The number of nitrogens with one attached hydrogen (secondary N) is 1. The number of halogens is 1. The number of nitrogens with zero attached hydrogens (tertiary/aromatic N) is 2. The molecule has 0 fully saturated rings. The number of rotatable bonds is 1. The number of hydrogen-bond donors (Lipinski definition) is 2. The van der Waals surface area contributed by atoms with Crippen molar-refractivity contribution < 1.29 is 0 Å². The van der Waals surface area contributed by atoms with Gasteiger partial charge in [-0.2, -0.15) is 5.10 Å². The number of H-pyrrole nitrogens is 1. The molecule has 0 aliphatic rings. The first-order valence-corrected chi connectivity index (χ1v) is 4.06. The van der Waals surface area contributed by atoms with Crippen molar-refractivity contribution >= 4 is 17.4 Å². The fourth-order valence-electron chi connectivity index (χ4n) is 1.07. The molecular formula is C8H7ClN4. The Morgan fingerprint density at radius 3 is 2.92 bits per heavy atom. The van der Waals surface area contributed by atoms with Gasteiger partial charge in [-0.3, -0.25) is 10.1 Å². The summed E-state index contributed by atoms with van der Waals surface area (Å²) in [4.78, 5) is 3.88. The molecule has 0 unspecified atom stereocenters. The Balaban J connectivity index is 2.52. The molecule has 2 aromatic rings. The van der Waals surface area contributed by atoms with E-state index in [1.54, 1.807) is 24.5 Å². The molecule has 0 spiro atoms. The van der Waals surface area contributed by atoms with Crippen molar-refractivity contribution in [3.05, 3.63) is 29.5 Å². The summed E-state index contributed by atoms with van der Waals surface area (Å²) < 4.78 is 0. The molecule has 2 aromatic heterocycles. The molecule has 0 radical (unpaired) electrons. The van der Waals surface area contributed by atoms with Crippen LogP contribution in [-0.2, 0) is 0 Å². The maximum atomic E-state index is 5.92. The zero-order chi connectivity index (χ0) is 9.26. The van der Waals surface area contributed by atoms with Crippen LogP contribution in [0.1, 0.15) is 0 Å². The van der Waals surface area contributed by atoms with Gasteiger partial charge in [0, 0.05) is 24.0 Å². The van der Waals surface area contributed by atoms with Gasteiger partial charge in [-0.15, -0.1) is 0 Å². The molecule has 2 heterocycles. The van der Waals surface area contributed by atoms with Gasteiger partial charge in [0.25, 0.3) is 0 Å². The van der Waals surface area contributed by atoms with E-state index in [1.165, 1.54) is 0 Å². The van der Waals surface area contributed by atoms with E-state index in [-0.39, 0.29) is 0 Å². The zero-order valence-electron chi connectivity index (χ0n) is 6.66. The Hall–Kier alpha value is -1.55. The number of pyridine rings is 1. The van der Waals surface area contributed by atoms with Crippen LogP contribution in [0.15, 0.2) is 24.5 Å². The van der Waals surface area contributed by atoms with E-state index in [4.69, 9.17) is 17.3 Å². The number of hydrogen-bond acceptors (Lipinski definition) is 3. The fourth-order valence-corrected chi connectivity index (χ4v) is 1.29. The van der Waals surface area contributed by atoms with E-state index in [9.17, 15) is 0 Å². The number of nitrogen functional groups attached to an aromatic ring is 1. The topological polar surface area (TPSA) is 67.6 Å². The molecule has 66 valence electrons. The van der Waals surface area contributed by atoms with E-state index in [2.05, 4.69) is 15.2 Å². The van der Waals surface area contributed by atoms with Crippen LogP contribution in [-0.4, -0.2) is 15.2 Å². The van der Waals surface area contributed by atoms with Crippen molar-refractivity contribution in [3.63, 3.8) is 0 Å². The van der Waals surface area contributed by atoms with Crippen LogP contribution < -0.4 is 5.73 Å². The lowest BCUT2D eigenvalue weighted by molar-refractivity contribution is 1.10. The molecule has 0 bridgehead atoms. The van der Waals surface area contributed by atoms with Crippen molar-refractivity contribution in [2.75, 3.05) is 5.73 Å². The molecule has 0 aliphatic heterocycles. The van der Waals surface area contributed by atoms with Gasteiger partial charge >= 0.3 is 0 Å². The standard InChI is InChI=1S/C8H7ClN4/c9-6-4-11-2-1-5(6)7-3-8(10)13-12-7/h1-4H,(H3,10,12,13). The molecular weight excluding hydrogens is 188 g/mol. The normalized spacial score (nSPS) is 10.2. The van der Waals surface area contributed by atoms with Crippen LogP contribution in [0.5, 0.6) is 0 Å². The van der Waals surface area contributed by atoms with Crippen LogP contribution in [0, 0.1) is 0 Å². The van der Waals surface area contributed by atoms with Gasteiger partial charge in [0.15, 0.2) is 0 Å². The van der Waals surface area contributed by atoms with E-state index in [0.29, 0.717) is 10.8 Å². The molecule has 0 saturated carbocycles. The van der Waals surface area contributed by atoms with Crippen molar-refractivity contribution in [2.45, 2.75) is 0 Å². The Morgan fingerprint density at radius 2 is 2.31 bits per heavy atom. The third kappa shape index (κ3) is 1.48. The van der Waals surface area contributed by atoms with Crippen LogP contribution in [0.25, 0.3) is 11.3 Å². The number of aromatic amines is 1. The minimum absolute atomic E-state index is 0.447. The molecule has 5 heteroatoms. The van der Waals surface area contributed by atoms with Crippen LogP contribution >= 0.6 is 11.6 Å². The van der Waals surface area contributed by atoms with Gasteiger partial charge in [0.05, 0.1) is 10.7 Å².